The number of carbonyl (C=O) groups excluding carboxylic acids is 1. The van der Waals surface area contributed by atoms with Crippen molar-refractivity contribution in [2.75, 3.05) is 25.5 Å². The SMILES string of the molecule is COc1ccc(S(=O)(=O)N2CCCC2)cc1NC(=O)c1cccnc1. The van der Waals surface area contributed by atoms with Crippen LogP contribution in [-0.4, -0.2) is 43.8 Å². The molecule has 1 N–H and O–H groups in total. The molecular formula is C17H19N3O4S. The number of amides is 1. The first-order valence-corrected chi connectivity index (χ1v) is 9.36. The Morgan fingerprint density at radius 1 is 1.24 bits per heavy atom. The summed E-state index contributed by atoms with van der Waals surface area (Å²) in [4.78, 5) is 16.4. The molecule has 1 aliphatic heterocycles. The van der Waals surface area contributed by atoms with Gasteiger partial charge < -0.3 is 10.1 Å². The van der Waals surface area contributed by atoms with E-state index in [0.717, 1.165) is 12.8 Å². The molecule has 132 valence electrons. The second-order valence-corrected chi connectivity index (χ2v) is 7.61. The number of hydrogen-bond acceptors (Lipinski definition) is 5. The Labute approximate surface area is 146 Å². The van der Waals surface area contributed by atoms with Gasteiger partial charge in [-0.2, -0.15) is 4.31 Å². The Hall–Kier alpha value is -2.45. The van der Waals surface area contributed by atoms with Crippen molar-refractivity contribution in [3.63, 3.8) is 0 Å². The minimum Gasteiger partial charge on any atom is -0.495 e. The van der Waals surface area contributed by atoms with Crippen LogP contribution in [0.4, 0.5) is 5.69 Å². The van der Waals surface area contributed by atoms with Gasteiger partial charge in [0, 0.05) is 25.5 Å². The van der Waals surface area contributed by atoms with Crippen LogP contribution in [0.5, 0.6) is 5.75 Å². The van der Waals surface area contributed by atoms with Gasteiger partial charge >= 0.3 is 0 Å². The van der Waals surface area contributed by atoms with Gasteiger partial charge in [0.2, 0.25) is 10.0 Å². The summed E-state index contributed by atoms with van der Waals surface area (Å²) in [5.41, 5.74) is 0.675. The number of nitrogens with one attached hydrogen (secondary N) is 1. The number of ether oxygens (including phenoxy) is 1. The van der Waals surface area contributed by atoms with Gasteiger partial charge in [0.15, 0.2) is 0 Å². The fourth-order valence-electron chi connectivity index (χ4n) is 2.71. The average Bonchev–Trinajstić information content (AvgIpc) is 3.18. The van der Waals surface area contributed by atoms with Crippen LogP contribution >= 0.6 is 0 Å². The van der Waals surface area contributed by atoms with Crippen molar-refractivity contribution >= 4 is 21.6 Å². The molecule has 0 unspecified atom stereocenters. The van der Waals surface area contributed by atoms with E-state index in [1.54, 1.807) is 24.4 Å². The van der Waals surface area contributed by atoms with Crippen molar-refractivity contribution in [1.29, 1.82) is 0 Å². The number of hydrogen-bond donors (Lipinski definition) is 1. The second-order valence-electron chi connectivity index (χ2n) is 5.67. The lowest BCUT2D eigenvalue weighted by Crippen LogP contribution is -2.28. The fourth-order valence-corrected chi connectivity index (χ4v) is 4.26. The predicted molar refractivity (Wildman–Crippen MR) is 93.2 cm³/mol. The molecule has 3 rings (SSSR count). The van der Waals surface area contributed by atoms with E-state index < -0.39 is 10.0 Å². The summed E-state index contributed by atoms with van der Waals surface area (Å²) < 4.78 is 32.1. The highest BCUT2D eigenvalue weighted by molar-refractivity contribution is 7.89. The molecule has 1 aromatic heterocycles. The highest BCUT2D eigenvalue weighted by atomic mass is 32.2. The Kier molecular flexibility index (Phi) is 5.00. The molecule has 0 aliphatic carbocycles. The Bertz CT molecular complexity index is 863. The fraction of sp³-hybridized carbons (Fsp3) is 0.294. The lowest BCUT2D eigenvalue weighted by molar-refractivity contribution is 0.102. The maximum Gasteiger partial charge on any atom is 0.257 e. The minimum absolute atomic E-state index is 0.136. The van der Waals surface area contributed by atoms with E-state index in [4.69, 9.17) is 4.74 Å². The van der Waals surface area contributed by atoms with Crippen molar-refractivity contribution in [3.8, 4) is 5.75 Å². The summed E-state index contributed by atoms with van der Waals surface area (Å²) in [6, 6.07) is 7.74. The van der Waals surface area contributed by atoms with Gasteiger partial charge in [-0.25, -0.2) is 8.42 Å². The molecule has 1 saturated heterocycles. The van der Waals surface area contributed by atoms with Crippen LogP contribution in [0.25, 0.3) is 0 Å². The van der Waals surface area contributed by atoms with E-state index in [0.29, 0.717) is 30.1 Å². The normalized spacial score (nSPS) is 15.1. The third-order valence-corrected chi connectivity index (χ3v) is 5.94. The van der Waals surface area contributed by atoms with Crippen LogP contribution < -0.4 is 10.1 Å². The zero-order chi connectivity index (χ0) is 17.9. The number of benzene rings is 1. The smallest absolute Gasteiger partial charge is 0.257 e. The molecule has 7 nitrogen and oxygen atoms in total. The molecule has 2 heterocycles. The maximum atomic E-state index is 12.7. The van der Waals surface area contributed by atoms with Gasteiger partial charge in [-0.1, -0.05) is 0 Å². The van der Waals surface area contributed by atoms with Crippen LogP contribution in [-0.2, 0) is 10.0 Å². The van der Waals surface area contributed by atoms with E-state index >= 15 is 0 Å². The van der Waals surface area contributed by atoms with Crippen molar-refractivity contribution in [3.05, 3.63) is 48.3 Å². The molecular weight excluding hydrogens is 342 g/mol. The number of carbonyl (C=O) groups is 1. The Morgan fingerprint density at radius 3 is 2.64 bits per heavy atom. The molecule has 1 amide bonds. The molecule has 2 aromatic rings. The number of aromatic nitrogens is 1. The molecule has 0 spiro atoms. The van der Waals surface area contributed by atoms with Crippen LogP contribution in [0.1, 0.15) is 23.2 Å². The lowest BCUT2D eigenvalue weighted by atomic mass is 10.2. The summed E-state index contributed by atoms with van der Waals surface area (Å²) in [5, 5.41) is 2.69. The van der Waals surface area contributed by atoms with E-state index in [-0.39, 0.29) is 10.8 Å². The molecule has 0 radical (unpaired) electrons. The first-order valence-electron chi connectivity index (χ1n) is 7.92. The van der Waals surface area contributed by atoms with Crippen LogP contribution in [0, 0.1) is 0 Å². The van der Waals surface area contributed by atoms with Crippen LogP contribution in [0.3, 0.4) is 0 Å². The van der Waals surface area contributed by atoms with Crippen LogP contribution in [0.2, 0.25) is 0 Å². The van der Waals surface area contributed by atoms with Gasteiger partial charge in [0.05, 0.1) is 23.3 Å². The summed E-state index contributed by atoms with van der Waals surface area (Å²) in [5.74, 6) is -0.000247. The number of rotatable bonds is 5. The van der Waals surface area contributed by atoms with E-state index in [1.165, 1.54) is 29.7 Å². The Morgan fingerprint density at radius 2 is 2.00 bits per heavy atom. The number of methoxy groups -OCH3 is 1. The summed E-state index contributed by atoms with van der Waals surface area (Å²) in [7, 11) is -2.11. The monoisotopic (exact) mass is 361 g/mol. The van der Waals surface area contributed by atoms with Gasteiger partial charge in [0.25, 0.3) is 5.91 Å². The van der Waals surface area contributed by atoms with E-state index in [9.17, 15) is 13.2 Å². The molecule has 8 heteroatoms. The summed E-state index contributed by atoms with van der Waals surface area (Å²) in [6.07, 6.45) is 4.73. The average molecular weight is 361 g/mol. The predicted octanol–water partition coefficient (Wildman–Crippen LogP) is 2.13. The van der Waals surface area contributed by atoms with E-state index in [1.807, 2.05) is 0 Å². The van der Waals surface area contributed by atoms with Crippen molar-refractivity contribution < 1.29 is 17.9 Å². The first-order chi connectivity index (χ1) is 12.0. The largest absolute Gasteiger partial charge is 0.495 e. The van der Waals surface area contributed by atoms with E-state index in [2.05, 4.69) is 10.3 Å². The zero-order valence-electron chi connectivity index (χ0n) is 13.8. The topological polar surface area (TPSA) is 88.6 Å². The lowest BCUT2D eigenvalue weighted by Gasteiger charge is -2.17. The Balaban J connectivity index is 1.91. The standard InChI is InChI=1S/C17H19N3O4S/c1-24-16-7-6-14(25(22,23)20-9-2-3-10-20)11-15(16)19-17(21)13-5-4-8-18-12-13/h4-8,11-12H,2-3,9-10H2,1H3,(H,19,21). The number of nitrogens with zero attached hydrogens (tertiary/aromatic N) is 2. The third-order valence-electron chi connectivity index (χ3n) is 4.05. The highest BCUT2D eigenvalue weighted by Crippen LogP contribution is 2.30. The van der Waals surface area contributed by atoms with Gasteiger partial charge in [0.1, 0.15) is 5.75 Å². The van der Waals surface area contributed by atoms with Crippen molar-refractivity contribution in [2.45, 2.75) is 17.7 Å². The molecule has 0 saturated carbocycles. The summed E-state index contributed by atoms with van der Waals surface area (Å²) in [6.45, 7) is 1.04. The quantitative estimate of drug-likeness (QED) is 0.881. The summed E-state index contributed by atoms with van der Waals surface area (Å²) >= 11 is 0. The molecule has 25 heavy (non-hydrogen) atoms. The molecule has 0 bridgehead atoms. The molecule has 0 atom stereocenters. The highest BCUT2D eigenvalue weighted by Gasteiger charge is 2.28. The second kappa shape index (κ2) is 7.20. The number of pyridine rings is 1. The molecule has 1 aromatic carbocycles. The van der Waals surface area contributed by atoms with Crippen molar-refractivity contribution in [2.24, 2.45) is 0 Å². The van der Waals surface area contributed by atoms with Gasteiger partial charge in [-0.15, -0.1) is 0 Å². The number of anilines is 1. The van der Waals surface area contributed by atoms with Gasteiger partial charge in [-0.05, 0) is 43.2 Å². The minimum atomic E-state index is -3.57. The van der Waals surface area contributed by atoms with Crippen molar-refractivity contribution in [1.82, 2.24) is 9.29 Å². The zero-order valence-corrected chi connectivity index (χ0v) is 14.6. The third kappa shape index (κ3) is 3.64. The molecule has 1 fully saturated rings. The maximum absolute atomic E-state index is 12.7. The number of sulfonamides is 1. The molecule has 1 aliphatic rings. The van der Waals surface area contributed by atoms with Crippen LogP contribution in [0.15, 0.2) is 47.6 Å². The van der Waals surface area contributed by atoms with Gasteiger partial charge in [-0.3, -0.25) is 9.78 Å². The first kappa shape index (κ1) is 17.4.